The molecule has 0 saturated carbocycles. The van der Waals surface area contributed by atoms with Crippen molar-refractivity contribution in [2.24, 2.45) is 0 Å². The van der Waals surface area contributed by atoms with Crippen LogP contribution in [0.2, 0.25) is 15.1 Å². The Morgan fingerprint density at radius 3 is 2.32 bits per heavy atom. The van der Waals surface area contributed by atoms with Crippen LogP contribution < -0.4 is 10.2 Å². The van der Waals surface area contributed by atoms with Gasteiger partial charge in [0.15, 0.2) is 0 Å². The molecule has 0 bridgehead atoms. The summed E-state index contributed by atoms with van der Waals surface area (Å²) in [6.45, 7) is 2.47. The van der Waals surface area contributed by atoms with Crippen LogP contribution in [0.15, 0.2) is 36.4 Å². The number of nitrogens with zero attached hydrogens (tertiary/aromatic N) is 3. The zero-order valence-corrected chi connectivity index (χ0v) is 17.0. The van der Waals surface area contributed by atoms with Gasteiger partial charge < -0.3 is 10.2 Å². The van der Waals surface area contributed by atoms with Crippen molar-refractivity contribution in [3.8, 4) is 0 Å². The van der Waals surface area contributed by atoms with Gasteiger partial charge in [0.25, 0.3) is 5.69 Å². The van der Waals surface area contributed by atoms with Crippen molar-refractivity contribution in [3.05, 3.63) is 61.6 Å². The van der Waals surface area contributed by atoms with E-state index in [9.17, 15) is 14.9 Å². The van der Waals surface area contributed by atoms with Crippen LogP contribution >= 0.6 is 34.8 Å². The Morgan fingerprint density at radius 1 is 1.07 bits per heavy atom. The molecule has 1 aliphatic rings. The molecule has 1 fully saturated rings. The van der Waals surface area contributed by atoms with E-state index in [0.29, 0.717) is 52.6 Å². The number of amides is 1. The standard InChI is InChI=1S/C18H17Cl3N4O3/c19-12-4-5-15(16(10-12)25(27)28)24-8-6-23(7-9-24)11-17(26)22-18-13(20)2-1-3-14(18)21/h1-5,10H,6-9,11H2,(H,22,26). The molecule has 1 saturated heterocycles. The van der Waals surface area contributed by atoms with Crippen LogP contribution in [0.4, 0.5) is 17.1 Å². The van der Waals surface area contributed by atoms with E-state index in [4.69, 9.17) is 34.8 Å². The topological polar surface area (TPSA) is 78.7 Å². The number of nitro groups is 1. The fraction of sp³-hybridized carbons (Fsp3) is 0.278. The number of para-hydroxylation sites is 1. The summed E-state index contributed by atoms with van der Waals surface area (Å²) in [5, 5.41) is 15.1. The molecule has 0 atom stereocenters. The molecule has 0 unspecified atom stereocenters. The number of halogens is 3. The maximum atomic E-state index is 12.3. The Labute approximate surface area is 176 Å². The molecule has 2 aromatic rings. The van der Waals surface area contributed by atoms with Crippen molar-refractivity contribution in [3.63, 3.8) is 0 Å². The molecule has 28 heavy (non-hydrogen) atoms. The van der Waals surface area contributed by atoms with Gasteiger partial charge in [-0.2, -0.15) is 0 Å². The highest BCUT2D eigenvalue weighted by Crippen LogP contribution is 2.32. The summed E-state index contributed by atoms with van der Waals surface area (Å²) >= 11 is 18.0. The number of benzene rings is 2. The van der Waals surface area contributed by atoms with E-state index in [-0.39, 0.29) is 18.1 Å². The Balaban J connectivity index is 1.59. The van der Waals surface area contributed by atoms with E-state index in [0.717, 1.165) is 0 Å². The number of anilines is 2. The number of hydrogen-bond acceptors (Lipinski definition) is 5. The van der Waals surface area contributed by atoms with Gasteiger partial charge in [-0.15, -0.1) is 0 Å². The first-order valence-corrected chi connectivity index (χ1v) is 9.63. The molecule has 3 rings (SSSR count). The summed E-state index contributed by atoms with van der Waals surface area (Å²) in [6.07, 6.45) is 0. The van der Waals surface area contributed by atoms with Crippen molar-refractivity contribution in [1.29, 1.82) is 0 Å². The SMILES string of the molecule is O=C(CN1CCN(c2ccc(Cl)cc2[N+](=O)[O-])CC1)Nc1c(Cl)cccc1Cl. The molecule has 1 aliphatic heterocycles. The minimum absolute atomic E-state index is 0.0212. The second kappa shape index (κ2) is 8.96. The van der Waals surface area contributed by atoms with E-state index < -0.39 is 4.92 Å². The third-order valence-corrected chi connectivity index (χ3v) is 5.31. The van der Waals surface area contributed by atoms with E-state index in [2.05, 4.69) is 5.32 Å². The van der Waals surface area contributed by atoms with Gasteiger partial charge in [0.05, 0.1) is 27.2 Å². The minimum atomic E-state index is -0.436. The monoisotopic (exact) mass is 442 g/mol. The maximum absolute atomic E-state index is 12.3. The molecule has 0 aliphatic carbocycles. The summed E-state index contributed by atoms with van der Waals surface area (Å²) < 4.78 is 0. The maximum Gasteiger partial charge on any atom is 0.294 e. The van der Waals surface area contributed by atoms with Gasteiger partial charge in [-0.05, 0) is 24.3 Å². The number of carbonyl (C=O) groups excluding carboxylic acids is 1. The normalized spacial score (nSPS) is 14.8. The number of nitrogens with one attached hydrogen (secondary N) is 1. The van der Waals surface area contributed by atoms with Crippen molar-refractivity contribution >= 4 is 57.8 Å². The number of carbonyl (C=O) groups is 1. The number of rotatable bonds is 5. The second-order valence-electron chi connectivity index (χ2n) is 6.30. The molecule has 10 heteroatoms. The Hall–Kier alpha value is -2.06. The largest absolute Gasteiger partial charge is 0.363 e. The lowest BCUT2D eigenvalue weighted by molar-refractivity contribution is -0.384. The van der Waals surface area contributed by atoms with Crippen LogP contribution in [0.1, 0.15) is 0 Å². The minimum Gasteiger partial charge on any atom is -0.363 e. The molecule has 0 radical (unpaired) electrons. The van der Waals surface area contributed by atoms with Crippen LogP contribution in [-0.4, -0.2) is 48.5 Å². The average molecular weight is 444 g/mol. The van der Waals surface area contributed by atoms with Gasteiger partial charge in [-0.1, -0.05) is 40.9 Å². The summed E-state index contributed by atoms with van der Waals surface area (Å²) in [7, 11) is 0. The molecule has 0 spiro atoms. The lowest BCUT2D eigenvalue weighted by atomic mass is 10.2. The second-order valence-corrected chi connectivity index (χ2v) is 7.55. The first-order chi connectivity index (χ1) is 13.3. The van der Waals surface area contributed by atoms with Crippen molar-refractivity contribution < 1.29 is 9.72 Å². The molecule has 1 amide bonds. The molecule has 2 aromatic carbocycles. The fourth-order valence-electron chi connectivity index (χ4n) is 3.06. The summed E-state index contributed by atoms with van der Waals surface area (Å²) in [5.41, 5.74) is 0.902. The van der Waals surface area contributed by atoms with Crippen LogP contribution in [0.25, 0.3) is 0 Å². The predicted octanol–water partition coefficient (Wildman–Crippen LogP) is 4.32. The molecule has 1 N–H and O–H groups in total. The fourth-order valence-corrected chi connectivity index (χ4v) is 3.71. The molecule has 148 valence electrons. The first kappa shape index (κ1) is 20.7. The van der Waals surface area contributed by atoms with E-state index in [1.165, 1.54) is 6.07 Å². The molecule has 0 aromatic heterocycles. The molecule has 7 nitrogen and oxygen atoms in total. The van der Waals surface area contributed by atoms with Crippen LogP contribution in [0.3, 0.4) is 0 Å². The highest BCUT2D eigenvalue weighted by molar-refractivity contribution is 6.39. The Kier molecular flexibility index (Phi) is 6.61. The lowest BCUT2D eigenvalue weighted by Gasteiger charge is -2.35. The third-order valence-electron chi connectivity index (χ3n) is 4.44. The van der Waals surface area contributed by atoms with Gasteiger partial charge >= 0.3 is 0 Å². The van der Waals surface area contributed by atoms with Crippen LogP contribution in [0, 0.1) is 10.1 Å². The third kappa shape index (κ3) is 4.86. The van der Waals surface area contributed by atoms with Gasteiger partial charge in [-0.3, -0.25) is 19.8 Å². The van der Waals surface area contributed by atoms with Crippen LogP contribution in [-0.2, 0) is 4.79 Å². The first-order valence-electron chi connectivity index (χ1n) is 8.50. The van der Waals surface area contributed by atoms with Crippen molar-refractivity contribution in [1.82, 2.24) is 4.90 Å². The molecular formula is C18H17Cl3N4O3. The smallest absolute Gasteiger partial charge is 0.294 e. The average Bonchev–Trinajstić information content (AvgIpc) is 2.65. The Bertz CT molecular complexity index is 881. The molecular weight excluding hydrogens is 427 g/mol. The van der Waals surface area contributed by atoms with Gasteiger partial charge in [0.2, 0.25) is 5.91 Å². The van der Waals surface area contributed by atoms with E-state index in [1.807, 2.05) is 9.80 Å². The van der Waals surface area contributed by atoms with Gasteiger partial charge in [0, 0.05) is 37.3 Å². The number of nitro benzene ring substituents is 1. The van der Waals surface area contributed by atoms with Gasteiger partial charge in [0.1, 0.15) is 5.69 Å². The highest BCUT2D eigenvalue weighted by atomic mass is 35.5. The number of hydrogen-bond donors (Lipinski definition) is 1. The van der Waals surface area contributed by atoms with Crippen molar-refractivity contribution in [2.75, 3.05) is 42.9 Å². The molecule has 1 heterocycles. The zero-order chi connectivity index (χ0) is 20.3. The lowest BCUT2D eigenvalue weighted by Crippen LogP contribution is -2.48. The predicted molar refractivity (Wildman–Crippen MR) is 112 cm³/mol. The van der Waals surface area contributed by atoms with Crippen molar-refractivity contribution in [2.45, 2.75) is 0 Å². The highest BCUT2D eigenvalue weighted by Gasteiger charge is 2.25. The quantitative estimate of drug-likeness (QED) is 0.550. The summed E-state index contributed by atoms with van der Waals surface area (Å²) in [6, 6.07) is 9.65. The van der Waals surface area contributed by atoms with Crippen LogP contribution in [0.5, 0.6) is 0 Å². The van der Waals surface area contributed by atoms with E-state index in [1.54, 1.807) is 30.3 Å². The van der Waals surface area contributed by atoms with E-state index >= 15 is 0 Å². The Morgan fingerprint density at radius 2 is 1.71 bits per heavy atom. The van der Waals surface area contributed by atoms with Gasteiger partial charge in [-0.25, -0.2) is 0 Å². The summed E-state index contributed by atoms with van der Waals surface area (Å²) in [5.74, 6) is -0.221. The number of piperazine rings is 1. The zero-order valence-electron chi connectivity index (χ0n) is 14.7. The summed E-state index contributed by atoms with van der Waals surface area (Å²) in [4.78, 5) is 27.1.